The van der Waals surface area contributed by atoms with E-state index < -0.39 is 11.6 Å². The van der Waals surface area contributed by atoms with Gasteiger partial charge in [0.1, 0.15) is 11.6 Å². The molecule has 2 heterocycles. The second-order valence-corrected chi connectivity index (χ2v) is 6.14. The number of amides is 1. The van der Waals surface area contributed by atoms with Crippen LogP contribution < -0.4 is 5.32 Å². The number of hydrogen-bond acceptors (Lipinski definition) is 5. The second-order valence-electron chi connectivity index (χ2n) is 6.14. The van der Waals surface area contributed by atoms with E-state index in [1.807, 2.05) is 0 Å². The highest BCUT2D eigenvalue weighted by Gasteiger charge is 2.14. The lowest BCUT2D eigenvalue weighted by Crippen LogP contribution is -2.38. The number of rotatable bonds is 7. The van der Waals surface area contributed by atoms with Crippen molar-refractivity contribution >= 4 is 5.91 Å². The molecular weight excluding hydrogens is 344 g/mol. The Hall–Kier alpha value is -2.32. The molecule has 0 spiro atoms. The van der Waals surface area contributed by atoms with Crippen LogP contribution in [0.15, 0.2) is 28.8 Å². The van der Waals surface area contributed by atoms with Gasteiger partial charge in [-0.2, -0.15) is 0 Å². The monoisotopic (exact) mass is 365 g/mol. The average molecular weight is 365 g/mol. The van der Waals surface area contributed by atoms with E-state index >= 15 is 0 Å². The maximum atomic E-state index is 13.7. The van der Waals surface area contributed by atoms with E-state index in [4.69, 9.17) is 9.26 Å². The summed E-state index contributed by atoms with van der Waals surface area (Å²) >= 11 is 0. The third-order valence-electron chi connectivity index (χ3n) is 4.17. The SMILES string of the molecule is O=C(Cc1cc(-c2ccc(F)cc2F)on1)NCCCN1CCOCC1. The Balaban J connectivity index is 1.44. The first-order valence-electron chi connectivity index (χ1n) is 8.59. The predicted molar refractivity (Wildman–Crippen MR) is 90.4 cm³/mol. The molecule has 0 aliphatic carbocycles. The number of carbonyl (C=O) groups excluding carboxylic acids is 1. The summed E-state index contributed by atoms with van der Waals surface area (Å²) in [6, 6.07) is 4.69. The van der Waals surface area contributed by atoms with Gasteiger partial charge in [0, 0.05) is 31.8 Å². The average Bonchev–Trinajstić information content (AvgIpc) is 3.07. The summed E-state index contributed by atoms with van der Waals surface area (Å²) in [5.41, 5.74) is 0.505. The molecule has 1 aliphatic heterocycles. The van der Waals surface area contributed by atoms with Crippen LogP contribution in [0.5, 0.6) is 0 Å². The zero-order valence-corrected chi connectivity index (χ0v) is 14.3. The van der Waals surface area contributed by atoms with E-state index in [-0.39, 0.29) is 23.7 Å². The molecule has 1 aromatic heterocycles. The molecule has 1 saturated heterocycles. The Morgan fingerprint density at radius 3 is 2.81 bits per heavy atom. The van der Waals surface area contributed by atoms with Crippen LogP contribution in [0.3, 0.4) is 0 Å². The maximum Gasteiger partial charge on any atom is 0.226 e. The van der Waals surface area contributed by atoms with Gasteiger partial charge in [0.15, 0.2) is 5.76 Å². The van der Waals surface area contributed by atoms with Crippen molar-refractivity contribution in [2.75, 3.05) is 39.4 Å². The van der Waals surface area contributed by atoms with Crippen molar-refractivity contribution in [2.24, 2.45) is 0 Å². The summed E-state index contributed by atoms with van der Waals surface area (Å²) in [5.74, 6) is -1.41. The molecule has 1 amide bonds. The van der Waals surface area contributed by atoms with Crippen molar-refractivity contribution in [3.63, 3.8) is 0 Å². The number of aromatic nitrogens is 1. The van der Waals surface area contributed by atoms with Gasteiger partial charge in [0.05, 0.1) is 30.9 Å². The summed E-state index contributed by atoms with van der Waals surface area (Å²) in [6.07, 6.45) is 0.903. The number of halogens is 2. The van der Waals surface area contributed by atoms with Gasteiger partial charge in [-0.05, 0) is 25.1 Å². The van der Waals surface area contributed by atoms with Gasteiger partial charge in [-0.3, -0.25) is 9.69 Å². The van der Waals surface area contributed by atoms with Crippen molar-refractivity contribution in [2.45, 2.75) is 12.8 Å². The van der Waals surface area contributed by atoms with E-state index in [9.17, 15) is 13.6 Å². The maximum absolute atomic E-state index is 13.7. The Bertz CT molecular complexity index is 745. The minimum atomic E-state index is -0.736. The first-order valence-corrected chi connectivity index (χ1v) is 8.59. The van der Waals surface area contributed by atoms with E-state index in [1.165, 1.54) is 12.1 Å². The normalized spacial score (nSPS) is 15.2. The van der Waals surface area contributed by atoms with Crippen molar-refractivity contribution in [3.05, 3.63) is 41.6 Å². The number of carbonyl (C=O) groups is 1. The summed E-state index contributed by atoms with van der Waals surface area (Å²) < 4.78 is 37.1. The molecule has 0 saturated carbocycles. The van der Waals surface area contributed by atoms with Crippen molar-refractivity contribution in [3.8, 4) is 11.3 Å². The van der Waals surface area contributed by atoms with Gasteiger partial charge in [0.25, 0.3) is 0 Å². The molecule has 1 N–H and O–H groups in total. The van der Waals surface area contributed by atoms with Crippen LogP contribution in [0.1, 0.15) is 12.1 Å². The fourth-order valence-corrected chi connectivity index (χ4v) is 2.79. The van der Waals surface area contributed by atoms with Crippen LogP contribution >= 0.6 is 0 Å². The number of nitrogens with zero attached hydrogens (tertiary/aromatic N) is 2. The minimum absolute atomic E-state index is 0.0455. The van der Waals surface area contributed by atoms with Crippen LogP contribution in [0.25, 0.3) is 11.3 Å². The van der Waals surface area contributed by atoms with Crippen molar-refractivity contribution in [1.29, 1.82) is 0 Å². The van der Waals surface area contributed by atoms with Crippen LogP contribution in [-0.2, 0) is 16.0 Å². The first-order chi connectivity index (χ1) is 12.6. The Morgan fingerprint density at radius 2 is 2.04 bits per heavy atom. The van der Waals surface area contributed by atoms with E-state index in [1.54, 1.807) is 0 Å². The molecule has 8 heteroatoms. The number of benzene rings is 1. The van der Waals surface area contributed by atoms with E-state index in [2.05, 4.69) is 15.4 Å². The molecule has 0 unspecified atom stereocenters. The molecular formula is C18H21F2N3O3. The number of morpholine rings is 1. The largest absolute Gasteiger partial charge is 0.379 e. The van der Waals surface area contributed by atoms with Gasteiger partial charge in [-0.15, -0.1) is 0 Å². The Labute approximate surface area is 150 Å². The highest BCUT2D eigenvalue weighted by molar-refractivity contribution is 5.78. The van der Waals surface area contributed by atoms with Gasteiger partial charge < -0.3 is 14.6 Å². The van der Waals surface area contributed by atoms with Crippen LogP contribution in [0, 0.1) is 11.6 Å². The molecule has 140 valence electrons. The molecule has 3 rings (SSSR count). The molecule has 1 aromatic carbocycles. The van der Waals surface area contributed by atoms with Gasteiger partial charge in [-0.1, -0.05) is 5.16 Å². The summed E-state index contributed by atoms with van der Waals surface area (Å²) in [7, 11) is 0. The lowest BCUT2D eigenvalue weighted by atomic mass is 10.1. The van der Waals surface area contributed by atoms with Gasteiger partial charge >= 0.3 is 0 Å². The zero-order valence-electron chi connectivity index (χ0n) is 14.3. The Kier molecular flexibility index (Phi) is 6.30. The van der Waals surface area contributed by atoms with Crippen LogP contribution in [0.4, 0.5) is 8.78 Å². The predicted octanol–water partition coefficient (Wildman–Crippen LogP) is 2.00. The molecule has 6 nitrogen and oxygen atoms in total. The molecule has 0 bridgehead atoms. The molecule has 0 radical (unpaired) electrons. The second kappa shape index (κ2) is 8.86. The highest BCUT2D eigenvalue weighted by Crippen LogP contribution is 2.24. The number of nitrogens with one attached hydrogen (secondary N) is 1. The van der Waals surface area contributed by atoms with Gasteiger partial charge in [-0.25, -0.2) is 8.78 Å². The van der Waals surface area contributed by atoms with Crippen LogP contribution in [-0.4, -0.2) is 55.4 Å². The highest BCUT2D eigenvalue weighted by atomic mass is 19.1. The van der Waals surface area contributed by atoms with E-state index in [0.29, 0.717) is 12.2 Å². The summed E-state index contributed by atoms with van der Waals surface area (Å²) in [4.78, 5) is 14.3. The third kappa shape index (κ3) is 5.09. The fraction of sp³-hybridized carbons (Fsp3) is 0.444. The summed E-state index contributed by atoms with van der Waals surface area (Å²) in [6.45, 7) is 4.87. The summed E-state index contributed by atoms with van der Waals surface area (Å²) in [5, 5.41) is 6.62. The van der Waals surface area contributed by atoms with E-state index in [0.717, 1.165) is 51.4 Å². The number of ether oxygens (including phenoxy) is 1. The quantitative estimate of drug-likeness (QED) is 0.760. The molecule has 1 aliphatic rings. The molecule has 0 atom stereocenters. The smallest absolute Gasteiger partial charge is 0.226 e. The van der Waals surface area contributed by atoms with Gasteiger partial charge in [0.2, 0.25) is 5.91 Å². The lowest BCUT2D eigenvalue weighted by Gasteiger charge is -2.26. The minimum Gasteiger partial charge on any atom is -0.379 e. The van der Waals surface area contributed by atoms with Crippen LogP contribution in [0.2, 0.25) is 0 Å². The molecule has 2 aromatic rings. The first kappa shape index (κ1) is 18.5. The zero-order chi connectivity index (χ0) is 18.4. The Morgan fingerprint density at radius 1 is 1.23 bits per heavy atom. The fourth-order valence-electron chi connectivity index (χ4n) is 2.79. The topological polar surface area (TPSA) is 67.6 Å². The molecule has 1 fully saturated rings. The van der Waals surface area contributed by atoms with Crippen molar-refractivity contribution < 1.29 is 22.8 Å². The third-order valence-corrected chi connectivity index (χ3v) is 4.17. The molecule has 26 heavy (non-hydrogen) atoms. The van der Waals surface area contributed by atoms with Crippen molar-refractivity contribution in [1.82, 2.24) is 15.4 Å². The standard InChI is InChI=1S/C18H21F2N3O3/c19-13-2-3-15(16(20)10-13)17-11-14(22-26-17)12-18(24)21-4-1-5-23-6-8-25-9-7-23/h2-3,10-11H,1,4-9,12H2,(H,21,24). The lowest BCUT2D eigenvalue weighted by molar-refractivity contribution is -0.120. The number of hydrogen-bond donors (Lipinski definition) is 1.